The van der Waals surface area contributed by atoms with Gasteiger partial charge in [0, 0.05) is 25.7 Å². The predicted molar refractivity (Wildman–Crippen MR) is 127 cm³/mol. The molecule has 2 rings (SSSR count). The minimum atomic E-state index is -3.43. The average molecular weight is 532 g/mol. The topological polar surface area (TPSA) is 83.0 Å². The maximum atomic E-state index is 11.8. The highest BCUT2D eigenvalue weighted by atomic mass is 127. The Bertz CT molecular complexity index is 902. The molecule has 0 radical (unpaired) electrons. The minimum Gasteiger partial charge on any atom is -0.496 e. The maximum absolute atomic E-state index is 11.8. The van der Waals surface area contributed by atoms with Crippen LogP contribution in [0.25, 0.3) is 0 Å². The number of nitrogens with one attached hydrogen (secondary N) is 2. The summed E-state index contributed by atoms with van der Waals surface area (Å²) in [4.78, 5) is 6.94. The number of hydrogen-bond donors (Lipinski definition) is 2. The van der Waals surface area contributed by atoms with E-state index in [1.165, 1.54) is 7.05 Å². The number of ether oxygens (including phenoxy) is 1. The zero-order chi connectivity index (χ0) is 20.6. The Kier molecular flexibility index (Phi) is 10.4. The predicted octanol–water partition coefficient (Wildman–Crippen LogP) is 2.82. The zero-order valence-corrected chi connectivity index (χ0v) is 20.3. The summed E-state index contributed by atoms with van der Waals surface area (Å²) in [7, 11) is 1.60. The second-order valence-corrected chi connectivity index (χ2v) is 8.08. The van der Waals surface area contributed by atoms with Gasteiger partial charge in [0.25, 0.3) is 0 Å². The van der Waals surface area contributed by atoms with Gasteiger partial charge in [-0.1, -0.05) is 30.3 Å². The Morgan fingerprint density at radius 2 is 1.79 bits per heavy atom. The second kappa shape index (κ2) is 12.0. The molecule has 0 atom stereocenters. The molecule has 0 spiro atoms. The van der Waals surface area contributed by atoms with Gasteiger partial charge in [0.2, 0.25) is 10.0 Å². The SMILES string of the molecule is CCNC(=NCc1ccc(S(=O)(=O)NC)cc1)N(C)Cc1ccccc1OC.I. The highest BCUT2D eigenvalue weighted by Crippen LogP contribution is 2.19. The average Bonchev–Trinajstić information content (AvgIpc) is 2.71. The van der Waals surface area contributed by atoms with E-state index in [4.69, 9.17) is 4.74 Å². The lowest BCUT2D eigenvalue weighted by molar-refractivity contribution is 0.396. The molecule has 0 saturated carbocycles. The Balaban J connectivity index is 0.00000420. The van der Waals surface area contributed by atoms with Crippen molar-refractivity contribution in [3.05, 3.63) is 59.7 Å². The van der Waals surface area contributed by atoms with Crippen LogP contribution in [0.4, 0.5) is 0 Å². The first-order valence-corrected chi connectivity index (χ1v) is 10.5. The van der Waals surface area contributed by atoms with E-state index >= 15 is 0 Å². The van der Waals surface area contributed by atoms with E-state index in [1.54, 1.807) is 31.4 Å². The van der Waals surface area contributed by atoms with Crippen molar-refractivity contribution in [3.63, 3.8) is 0 Å². The van der Waals surface area contributed by atoms with Crippen LogP contribution in [-0.4, -0.2) is 47.0 Å². The number of methoxy groups -OCH3 is 1. The lowest BCUT2D eigenvalue weighted by Crippen LogP contribution is -2.38. The molecular weight excluding hydrogens is 503 g/mol. The lowest BCUT2D eigenvalue weighted by Gasteiger charge is -2.23. The second-order valence-electron chi connectivity index (χ2n) is 6.19. The molecule has 0 aliphatic rings. The highest BCUT2D eigenvalue weighted by molar-refractivity contribution is 14.0. The van der Waals surface area contributed by atoms with Crippen LogP contribution in [-0.2, 0) is 23.1 Å². The zero-order valence-electron chi connectivity index (χ0n) is 17.2. The molecule has 0 bridgehead atoms. The molecule has 0 saturated heterocycles. The monoisotopic (exact) mass is 532 g/mol. The molecule has 0 aromatic heterocycles. The van der Waals surface area contributed by atoms with Gasteiger partial charge in [-0.2, -0.15) is 0 Å². The number of benzene rings is 2. The van der Waals surface area contributed by atoms with Crippen LogP contribution in [0.15, 0.2) is 58.4 Å². The number of halogens is 1. The molecular formula is C20H29IN4O3S. The largest absolute Gasteiger partial charge is 0.496 e. The van der Waals surface area contributed by atoms with Crippen molar-refractivity contribution in [3.8, 4) is 5.75 Å². The van der Waals surface area contributed by atoms with Crippen molar-refractivity contribution in [2.45, 2.75) is 24.9 Å². The van der Waals surface area contributed by atoms with Crippen molar-refractivity contribution >= 4 is 40.0 Å². The van der Waals surface area contributed by atoms with Gasteiger partial charge in [-0.25, -0.2) is 18.1 Å². The van der Waals surface area contributed by atoms with Crippen molar-refractivity contribution in [1.82, 2.24) is 14.9 Å². The summed E-state index contributed by atoms with van der Waals surface area (Å²) in [5, 5.41) is 3.28. The summed E-state index contributed by atoms with van der Waals surface area (Å²) in [5.41, 5.74) is 2.00. The summed E-state index contributed by atoms with van der Waals surface area (Å²) in [6.45, 7) is 3.85. The molecule has 0 amide bonds. The number of guanidine groups is 1. The number of hydrogen-bond acceptors (Lipinski definition) is 4. The number of para-hydroxylation sites is 1. The van der Waals surface area contributed by atoms with Crippen LogP contribution in [0.2, 0.25) is 0 Å². The summed E-state index contributed by atoms with van der Waals surface area (Å²) in [6.07, 6.45) is 0. The van der Waals surface area contributed by atoms with Crippen LogP contribution in [0.1, 0.15) is 18.1 Å². The third-order valence-electron chi connectivity index (χ3n) is 4.21. The highest BCUT2D eigenvalue weighted by Gasteiger charge is 2.12. The van der Waals surface area contributed by atoms with E-state index in [-0.39, 0.29) is 28.9 Å². The molecule has 0 unspecified atom stereocenters. The Labute approximate surface area is 190 Å². The molecule has 2 aromatic rings. The number of nitrogens with zero attached hydrogens (tertiary/aromatic N) is 2. The molecule has 0 fully saturated rings. The van der Waals surface area contributed by atoms with Gasteiger partial charge in [0.15, 0.2) is 5.96 Å². The third-order valence-corrected chi connectivity index (χ3v) is 5.64. The first-order chi connectivity index (χ1) is 13.4. The fraction of sp³-hybridized carbons (Fsp3) is 0.350. The van der Waals surface area contributed by atoms with Gasteiger partial charge in [0.1, 0.15) is 5.75 Å². The van der Waals surface area contributed by atoms with Gasteiger partial charge in [-0.15, -0.1) is 24.0 Å². The summed E-state index contributed by atoms with van der Waals surface area (Å²) < 4.78 is 31.4. The first-order valence-electron chi connectivity index (χ1n) is 9.05. The fourth-order valence-corrected chi connectivity index (χ4v) is 3.42. The molecule has 7 nitrogen and oxygen atoms in total. The minimum absolute atomic E-state index is 0. The molecule has 0 aliphatic carbocycles. The van der Waals surface area contributed by atoms with Crippen LogP contribution < -0.4 is 14.8 Å². The molecule has 2 aromatic carbocycles. The van der Waals surface area contributed by atoms with E-state index in [0.29, 0.717) is 13.1 Å². The molecule has 160 valence electrons. The Hall–Kier alpha value is -1.85. The van der Waals surface area contributed by atoms with Gasteiger partial charge in [-0.3, -0.25) is 0 Å². The first kappa shape index (κ1) is 25.2. The van der Waals surface area contributed by atoms with Crippen molar-refractivity contribution in [1.29, 1.82) is 0 Å². The quantitative estimate of drug-likeness (QED) is 0.311. The molecule has 29 heavy (non-hydrogen) atoms. The van der Waals surface area contributed by atoms with E-state index in [9.17, 15) is 8.42 Å². The smallest absolute Gasteiger partial charge is 0.240 e. The summed E-state index contributed by atoms with van der Waals surface area (Å²) >= 11 is 0. The van der Waals surface area contributed by atoms with Crippen LogP contribution in [0.3, 0.4) is 0 Å². The van der Waals surface area contributed by atoms with E-state index < -0.39 is 10.0 Å². The third kappa shape index (κ3) is 7.16. The van der Waals surface area contributed by atoms with E-state index in [1.807, 2.05) is 43.1 Å². The van der Waals surface area contributed by atoms with Gasteiger partial charge < -0.3 is 15.0 Å². The lowest BCUT2D eigenvalue weighted by atomic mass is 10.2. The van der Waals surface area contributed by atoms with Gasteiger partial charge in [0.05, 0.1) is 18.6 Å². The Morgan fingerprint density at radius 1 is 1.14 bits per heavy atom. The number of sulfonamides is 1. The van der Waals surface area contributed by atoms with Gasteiger partial charge in [-0.05, 0) is 37.7 Å². The number of rotatable bonds is 8. The Morgan fingerprint density at radius 3 is 2.38 bits per heavy atom. The molecule has 0 aliphatic heterocycles. The van der Waals surface area contributed by atoms with Crippen molar-refractivity contribution < 1.29 is 13.2 Å². The molecule has 0 heterocycles. The molecule has 2 N–H and O–H groups in total. The summed E-state index contributed by atoms with van der Waals surface area (Å²) in [5.74, 6) is 1.60. The van der Waals surface area contributed by atoms with Crippen molar-refractivity contribution in [2.24, 2.45) is 4.99 Å². The van der Waals surface area contributed by atoms with E-state index in [0.717, 1.165) is 29.4 Å². The standard InChI is InChI=1S/C20H28N4O3S.HI/c1-5-22-20(24(3)15-17-8-6-7-9-19(17)27-4)23-14-16-10-12-18(13-11-16)28(25,26)21-2;/h6-13,21H,5,14-15H2,1-4H3,(H,22,23);1H. The summed E-state index contributed by atoms with van der Waals surface area (Å²) in [6, 6.07) is 14.6. The van der Waals surface area contributed by atoms with Crippen molar-refractivity contribution in [2.75, 3.05) is 27.7 Å². The molecule has 9 heteroatoms. The fourth-order valence-electron chi connectivity index (χ4n) is 2.69. The number of aliphatic imine (C=N–C) groups is 1. The maximum Gasteiger partial charge on any atom is 0.240 e. The van der Waals surface area contributed by atoms with E-state index in [2.05, 4.69) is 15.0 Å². The normalized spacial score (nSPS) is 11.5. The van der Waals surface area contributed by atoms with Gasteiger partial charge >= 0.3 is 0 Å². The van der Waals surface area contributed by atoms with Crippen LogP contribution in [0.5, 0.6) is 5.75 Å². The van der Waals surface area contributed by atoms with Crippen LogP contribution in [0, 0.1) is 0 Å². The van der Waals surface area contributed by atoms with Crippen LogP contribution >= 0.6 is 24.0 Å².